The maximum absolute atomic E-state index is 13.0. The number of carbonyl (C=O) groups excluding carboxylic acids is 2. The Morgan fingerprint density at radius 3 is 2.68 bits per heavy atom. The minimum absolute atomic E-state index is 0.0169. The van der Waals surface area contributed by atoms with Gasteiger partial charge in [0.05, 0.1) is 0 Å². The summed E-state index contributed by atoms with van der Waals surface area (Å²) in [6.07, 6.45) is 3.80. The van der Waals surface area contributed by atoms with Crippen molar-refractivity contribution in [2.75, 3.05) is 29.9 Å². The van der Waals surface area contributed by atoms with E-state index in [9.17, 15) is 14.4 Å². The molecule has 0 unspecified atom stereocenters. The van der Waals surface area contributed by atoms with Gasteiger partial charge in [0.15, 0.2) is 10.8 Å². The number of benzene rings is 1. The first kappa shape index (κ1) is 23.9. The van der Waals surface area contributed by atoms with Gasteiger partial charge in [-0.1, -0.05) is 36.0 Å². The lowest BCUT2D eigenvalue weighted by Gasteiger charge is -2.30. The second-order valence-electron chi connectivity index (χ2n) is 8.75. The number of amides is 2. The van der Waals surface area contributed by atoms with Crippen molar-refractivity contribution >= 4 is 44.3 Å². The average Bonchev–Trinajstić information content (AvgIpc) is 3.26. The predicted octanol–water partition coefficient (Wildman–Crippen LogP) is 2.85. The van der Waals surface area contributed by atoms with E-state index in [0.717, 1.165) is 41.2 Å². The van der Waals surface area contributed by atoms with Crippen LogP contribution in [0.2, 0.25) is 0 Å². The van der Waals surface area contributed by atoms with Crippen LogP contribution in [0.5, 0.6) is 0 Å². The van der Waals surface area contributed by atoms with Gasteiger partial charge in [0.1, 0.15) is 17.6 Å². The molecular formula is C24H30N6O3S. The largest absolute Gasteiger partial charge is 0.356 e. The van der Waals surface area contributed by atoms with Crippen LogP contribution in [0, 0.1) is 19.8 Å². The summed E-state index contributed by atoms with van der Waals surface area (Å²) in [5.74, 6) is -0.152. The van der Waals surface area contributed by atoms with Crippen LogP contribution in [0.1, 0.15) is 37.3 Å². The van der Waals surface area contributed by atoms with Crippen LogP contribution in [-0.4, -0.2) is 46.0 Å². The zero-order chi connectivity index (χ0) is 24.2. The minimum Gasteiger partial charge on any atom is -0.356 e. The molecule has 0 radical (unpaired) electrons. The molecule has 0 saturated carbocycles. The maximum atomic E-state index is 13.0. The van der Waals surface area contributed by atoms with E-state index in [1.165, 1.54) is 22.2 Å². The SMILES string of the molecule is CCCNC(=O)C1CCN(c2nc3ncn(CC(=O)Nc4ccc(C)cc4C)c(=O)c3s2)CC1. The topological polar surface area (TPSA) is 109 Å². The summed E-state index contributed by atoms with van der Waals surface area (Å²) in [5, 5.41) is 6.56. The van der Waals surface area contributed by atoms with Crippen LogP contribution in [0.25, 0.3) is 10.3 Å². The molecule has 0 bridgehead atoms. The first-order valence-corrected chi connectivity index (χ1v) is 12.4. The van der Waals surface area contributed by atoms with Crippen molar-refractivity contribution in [1.29, 1.82) is 0 Å². The molecule has 34 heavy (non-hydrogen) atoms. The van der Waals surface area contributed by atoms with Crippen LogP contribution >= 0.6 is 11.3 Å². The second-order valence-corrected chi connectivity index (χ2v) is 9.72. The molecule has 0 spiro atoms. The Bertz CT molecular complexity index is 1260. The number of carbonyl (C=O) groups is 2. The van der Waals surface area contributed by atoms with Gasteiger partial charge in [-0.25, -0.2) is 4.98 Å². The quantitative estimate of drug-likeness (QED) is 0.536. The molecular weight excluding hydrogens is 452 g/mol. The van der Waals surface area contributed by atoms with Gasteiger partial charge < -0.3 is 15.5 Å². The Morgan fingerprint density at radius 2 is 1.97 bits per heavy atom. The van der Waals surface area contributed by atoms with Gasteiger partial charge >= 0.3 is 0 Å². The molecule has 1 fully saturated rings. The molecule has 0 atom stereocenters. The van der Waals surface area contributed by atoms with E-state index < -0.39 is 0 Å². The summed E-state index contributed by atoms with van der Waals surface area (Å²) in [5.41, 5.74) is 2.92. The first-order valence-electron chi connectivity index (χ1n) is 11.6. The molecule has 4 rings (SSSR count). The lowest BCUT2D eigenvalue weighted by Crippen LogP contribution is -2.40. The van der Waals surface area contributed by atoms with E-state index in [1.807, 2.05) is 39.0 Å². The van der Waals surface area contributed by atoms with Crippen molar-refractivity contribution < 1.29 is 9.59 Å². The second kappa shape index (κ2) is 10.3. The smallest absolute Gasteiger partial charge is 0.273 e. The maximum Gasteiger partial charge on any atom is 0.273 e. The molecule has 1 aliphatic heterocycles. The van der Waals surface area contributed by atoms with Gasteiger partial charge in [-0.2, -0.15) is 4.98 Å². The van der Waals surface area contributed by atoms with E-state index in [2.05, 4.69) is 25.5 Å². The number of hydrogen-bond donors (Lipinski definition) is 2. The highest BCUT2D eigenvalue weighted by Crippen LogP contribution is 2.29. The molecule has 1 saturated heterocycles. The average molecular weight is 483 g/mol. The number of nitrogens with one attached hydrogen (secondary N) is 2. The molecule has 3 aromatic rings. The molecule has 1 aromatic carbocycles. The summed E-state index contributed by atoms with van der Waals surface area (Å²) in [4.78, 5) is 48.8. The Balaban J connectivity index is 1.43. The van der Waals surface area contributed by atoms with E-state index in [4.69, 9.17) is 0 Å². The highest BCUT2D eigenvalue weighted by atomic mass is 32.1. The van der Waals surface area contributed by atoms with Gasteiger partial charge in [-0.15, -0.1) is 0 Å². The number of rotatable bonds is 7. The Kier molecular flexibility index (Phi) is 7.26. The number of anilines is 2. The fourth-order valence-corrected chi connectivity index (χ4v) is 5.13. The predicted molar refractivity (Wildman–Crippen MR) is 134 cm³/mol. The molecule has 2 N–H and O–H groups in total. The van der Waals surface area contributed by atoms with E-state index in [0.29, 0.717) is 30.0 Å². The van der Waals surface area contributed by atoms with Crippen molar-refractivity contribution in [3.8, 4) is 0 Å². The number of hydrogen-bond acceptors (Lipinski definition) is 7. The standard InChI is InChI=1S/C24H30N6O3S/c1-4-9-25-22(32)17-7-10-29(11-8-17)24-28-21-20(34-24)23(33)30(14-26-21)13-19(31)27-18-6-5-15(2)12-16(18)3/h5-6,12,14,17H,4,7-11,13H2,1-3H3,(H,25,32)(H,27,31). The molecule has 10 heteroatoms. The lowest BCUT2D eigenvalue weighted by atomic mass is 9.96. The fraction of sp³-hybridized carbons (Fsp3) is 0.458. The van der Waals surface area contributed by atoms with E-state index in [-0.39, 0.29) is 29.8 Å². The molecule has 3 heterocycles. The number of aromatic nitrogens is 3. The minimum atomic E-state index is -0.289. The summed E-state index contributed by atoms with van der Waals surface area (Å²) in [7, 11) is 0. The third-order valence-electron chi connectivity index (χ3n) is 6.03. The van der Waals surface area contributed by atoms with Gasteiger partial charge in [0, 0.05) is 31.2 Å². The summed E-state index contributed by atoms with van der Waals surface area (Å²) in [6, 6.07) is 5.79. The Morgan fingerprint density at radius 1 is 1.21 bits per heavy atom. The van der Waals surface area contributed by atoms with Gasteiger partial charge in [-0.3, -0.25) is 19.0 Å². The molecule has 1 aliphatic rings. The van der Waals surface area contributed by atoms with Crippen LogP contribution in [-0.2, 0) is 16.1 Å². The number of thiazole rings is 1. The summed E-state index contributed by atoms with van der Waals surface area (Å²) in [6.45, 7) is 7.96. The zero-order valence-electron chi connectivity index (χ0n) is 19.8. The third-order valence-corrected chi connectivity index (χ3v) is 7.12. The van der Waals surface area contributed by atoms with Crippen LogP contribution < -0.4 is 21.1 Å². The van der Waals surface area contributed by atoms with Crippen molar-refractivity contribution in [3.05, 3.63) is 46.0 Å². The molecule has 0 aliphatic carbocycles. The summed E-state index contributed by atoms with van der Waals surface area (Å²) >= 11 is 1.29. The fourth-order valence-electron chi connectivity index (χ4n) is 4.11. The zero-order valence-corrected chi connectivity index (χ0v) is 20.6. The number of piperidine rings is 1. The monoisotopic (exact) mass is 482 g/mol. The van der Waals surface area contributed by atoms with Crippen molar-refractivity contribution in [2.24, 2.45) is 5.92 Å². The number of nitrogens with zero attached hydrogens (tertiary/aromatic N) is 4. The Labute approximate surface area is 202 Å². The van der Waals surface area contributed by atoms with E-state index in [1.54, 1.807) is 0 Å². The number of fused-ring (bicyclic) bond motifs is 1. The first-order chi connectivity index (χ1) is 16.4. The molecule has 2 amide bonds. The number of aryl methyl sites for hydroxylation is 2. The highest BCUT2D eigenvalue weighted by Gasteiger charge is 2.26. The van der Waals surface area contributed by atoms with E-state index >= 15 is 0 Å². The van der Waals surface area contributed by atoms with Crippen LogP contribution in [0.15, 0.2) is 29.3 Å². The van der Waals surface area contributed by atoms with Crippen molar-refractivity contribution in [3.63, 3.8) is 0 Å². The third kappa shape index (κ3) is 5.27. The van der Waals surface area contributed by atoms with Crippen molar-refractivity contribution in [1.82, 2.24) is 19.9 Å². The highest BCUT2D eigenvalue weighted by molar-refractivity contribution is 7.22. The molecule has 180 valence electrons. The van der Waals surface area contributed by atoms with Gasteiger partial charge in [-0.05, 0) is 44.7 Å². The molecule has 9 nitrogen and oxygen atoms in total. The van der Waals surface area contributed by atoms with Gasteiger partial charge in [0.25, 0.3) is 5.56 Å². The van der Waals surface area contributed by atoms with Crippen LogP contribution in [0.3, 0.4) is 0 Å². The van der Waals surface area contributed by atoms with Crippen LogP contribution in [0.4, 0.5) is 10.8 Å². The lowest BCUT2D eigenvalue weighted by molar-refractivity contribution is -0.125. The normalized spacial score (nSPS) is 14.4. The van der Waals surface area contributed by atoms with Crippen molar-refractivity contribution in [2.45, 2.75) is 46.6 Å². The Hall–Kier alpha value is -3.27. The summed E-state index contributed by atoms with van der Waals surface area (Å²) < 4.78 is 1.74. The molecule has 2 aromatic heterocycles. The van der Waals surface area contributed by atoms with Gasteiger partial charge in [0.2, 0.25) is 11.8 Å².